The summed E-state index contributed by atoms with van der Waals surface area (Å²) < 4.78 is 4.42. The predicted octanol–water partition coefficient (Wildman–Crippen LogP) is -0.326. The van der Waals surface area contributed by atoms with E-state index in [2.05, 4.69) is 4.74 Å². The van der Waals surface area contributed by atoms with Crippen LogP contribution in [0.15, 0.2) is 0 Å². The van der Waals surface area contributed by atoms with Gasteiger partial charge in [0, 0.05) is 12.1 Å². The van der Waals surface area contributed by atoms with Crippen LogP contribution in [0.1, 0.15) is 25.7 Å². The topological polar surface area (TPSA) is 66.8 Å². The number of aliphatic hydroxyl groups excluding tert-OH is 1. The van der Waals surface area contributed by atoms with Crippen molar-refractivity contribution < 1.29 is 19.4 Å². The summed E-state index contributed by atoms with van der Waals surface area (Å²) in [7, 11) is 1.21. The van der Waals surface area contributed by atoms with Crippen molar-refractivity contribution in [2.45, 2.75) is 43.9 Å². The Labute approximate surface area is 88.0 Å². The molecule has 0 spiro atoms. The molecule has 0 aromatic carbocycles. The van der Waals surface area contributed by atoms with Crippen molar-refractivity contribution in [3.63, 3.8) is 0 Å². The predicted molar refractivity (Wildman–Crippen MR) is 50.9 cm³/mol. The maximum atomic E-state index is 11.7. The van der Waals surface area contributed by atoms with E-state index in [-0.39, 0.29) is 18.2 Å². The second kappa shape index (κ2) is 3.81. The first-order valence-electron chi connectivity index (χ1n) is 5.22. The number of carbonyl (C=O) groups is 2. The fourth-order valence-corrected chi connectivity index (χ4v) is 2.67. The molecule has 2 aliphatic rings. The standard InChI is InChI=1S/C10H15NO4/c1-15-10(14)9(13)11-6-2-3-7(11)5-8(12)4-6/h6-8,12H,2-5H2,1H3. The number of esters is 1. The zero-order valence-electron chi connectivity index (χ0n) is 8.68. The lowest BCUT2D eigenvalue weighted by molar-refractivity contribution is -0.161. The van der Waals surface area contributed by atoms with Gasteiger partial charge in [-0.05, 0) is 25.7 Å². The largest absolute Gasteiger partial charge is 0.462 e. The number of amides is 1. The lowest BCUT2D eigenvalue weighted by Crippen LogP contribution is -2.50. The Morgan fingerprint density at radius 3 is 2.27 bits per heavy atom. The molecule has 2 atom stereocenters. The molecule has 0 aromatic heterocycles. The molecule has 2 unspecified atom stereocenters. The van der Waals surface area contributed by atoms with Gasteiger partial charge in [0.2, 0.25) is 0 Å². The lowest BCUT2D eigenvalue weighted by atomic mass is 10.00. The molecule has 2 bridgehead atoms. The first kappa shape index (κ1) is 10.4. The number of ether oxygens (including phenoxy) is 1. The Kier molecular flexibility index (Phi) is 2.65. The summed E-state index contributed by atoms with van der Waals surface area (Å²) in [6.07, 6.45) is 2.59. The van der Waals surface area contributed by atoms with Gasteiger partial charge in [0.05, 0.1) is 13.2 Å². The zero-order valence-corrected chi connectivity index (χ0v) is 8.68. The Bertz CT molecular complexity index is 277. The number of rotatable bonds is 0. The summed E-state index contributed by atoms with van der Waals surface area (Å²) in [6.45, 7) is 0. The molecule has 84 valence electrons. The minimum Gasteiger partial charge on any atom is -0.462 e. The molecule has 5 nitrogen and oxygen atoms in total. The van der Waals surface area contributed by atoms with Gasteiger partial charge in [-0.2, -0.15) is 0 Å². The first-order valence-corrected chi connectivity index (χ1v) is 5.22. The van der Waals surface area contributed by atoms with E-state index < -0.39 is 11.9 Å². The van der Waals surface area contributed by atoms with Crippen molar-refractivity contribution in [3.05, 3.63) is 0 Å². The van der Waals surface area contributed by atoms with Crippen molar-refractivity contribution in [2.75, 3.05) is 7.11 Å². The van der Waals surface area contributed by atoms with Crippen LogP contribution in [0.3, 0.4) is 0 Å². The van der Waals surface area contributed by atoms with E-state index in [1.165, 1.54) is 7.11 Å². The van der Waals surface area contributed by atoms with Crippen LogP contribution >= 0.6 is 0 Å². The molecule has 2 rings (SSSR count). The van der Waals surface area contributed by atoms with Gasteiger partial charge >= 0.3 is 11.9 Å². The molecular weight excluding hydrogens is 198 g/mol. The molecular formula is C10H15NO4. The molecule has 5 heteroatoms. The summed E-state index contributed by atoms with van der Waals surface area (Å²) in [6, 6.07) is 0.0377. The van der Waals surface area contributed by atoms with Gasteiger partial charge in [-0.3, -0.25) is 4.79 Å². The maximum Gasteiger partial charge on any atom is 0.396 e. The third kappa shape index (κ3) is 1.71. The Balaban J connectivity index is 2.11. The normalized spacial score (nSPS) is 34.0. The molecule has 15 heavy (non-hydrogen) atoms. The number of carbonyl (C=O) groups excluding carboxylic acids is 2. The zero-order chi connectivity index (χ0) is 11.0. The SMILES string of the molecule is COC(=O)C(=O)N1C2CCC1CC(O)C2. The quantitative estimate of drug-likeness (QED) is 0.442. The average Bonchev–Trinajstić information content (AvgIpc) is 2.49. The molecule has 1 N–H and O–H groups in total. The van der Waals surface area contributed by atoms with E-state index in [1.807, 2.05) is 0 Å². The fraction of sp³-hybridized carbons (Fsp3) is 0.800. The summed E-state index contributed by atoms with van der Waals surface area (Å²) in [5.41, 5.74) is 0. The second-order valence-corrected chi connectivity index (χ2v) is 4.21. The summed E-state index contributed by atoms with van der Waals surface area (Å²) in [4.78, 5) is 24.4. The van der Waals surface area contributed by atoms with Crippen LogP contribution in [0.5, 0.6) is 0 Å². The van der Waals surface area contributed by atoms with Gasteiger partial charge in [0.1, 0.15) is 0 Å². The molecule has 2 fully saturated rings. The third-order valence-electron chi connectivity index (χ3n) is 3.30. The maximum absolute atomic E-state index is 11.7. The Morgan fingerprint density at radius 2 is 1.80 bits per heavy atom. The van der Waals surface area contributed by atoms with Gasteiger partial charge in [0.25, 0.3) is 0 Å². The number of hydrogen-bond donors (Lipinski definition) is 1. The van der Waals surface area contributed by atoms with Gasteiger partial charge in [-0.25, -0.2) is 4.79 Å². The highest BCUT2D eigenvalue weighted by Crippen LogP contribution is 2.35. The van der Waals surface area contributed by atoms with E-state index in [1.54, 1.807) is 4.90 Å². The minimum atomic E-state index is -0.803. The van der Waals surface area contributed by atoms with Crippen LogP contribution in [0.2, 0.25) is 0 Å². The molecule has 1 amide bonds. The van der Waals surface area contributed by atoms with Crippen LogP contribution in [0.4, 0.5) is 0 Å². The number of hydrogen-bond acceptors (Lipinski definition) is 4. The Morgan fingerprint density at radius 1 is 1.27 bits per heavy atom. The Hall–Kier alpha value is -1.10. The van der Waals surface area contributed by atoms with Crippen LogP contribution in [0.25, 0.3) is 0 Å². The highest BCUT2D eigenvalue weighted by Gasteiger charge is 2.44. The van der Waals surface area contributed by atoms with Crippen LogP contribution in [-0.2, 0) is 14.3 Å². The summed E-state index contributed by atoms with van der Waals surface area (Å²) >= 11 is 0. The van der Waals surface area contributed by atoms with Gasteiger partial charge in [-0.1, -0.05) is 0 Å². The van der Waals surface area contributed by atoms with Crippen molar-refractivity contribution in [2.24, 2.45) is 0 Å². The summed E-state index contributed by atoms with van der Waals surface area (Å²) in [5, 5.41) is 9.53. The van der Waals surface area contributed by atoms with E-state index in [9.17, 15) is 14.7 Å². The molecule has 0 aromatic rings. The summed E-state index contributed by atoms with van der Waals surface area (Å²) in [5.74, 6) is -1.36. The van der Waals surface area contributed by atoms with Crippen molar-refractivity contribution >= 4 is 11.9 Å². The fourth-order valence-electron chi connectivity index (χ4n) is 2.67. The van der Waals surface area contributed by atoms with E-state index in [0.29, 0.717) is 12.8 Å². The minimum absolute atomic E-state index is 0.0188. The highest BCUT2D eigenvalue weighted by molar-refractivity contribution is 6.32. The van der Waals surface area contributed by atoms with Crippen LogP contribution in [-0.4, -0.2) is 47.2 Å². The number of nitrogens with zero attached hydrogens (tertiary/aromatic N) is 1. The monoisotopic (exact) mass is 213 g/mol. The highest BCUT2D eigenvalue weighted by atomic mass is 16.5. The number of fused-ring (bicyclic) bond motifs is 2. The van der Waals surface area contributed by atoms with Gasteiger partial charge in [0.15, 0.2) is 0 Å². The van der Waals surface area contributed by atoms with Crippen LogP contribution in [0, 0.1) is 0 Å². The van der Waals surface area contributed by atoms with Crippen molar-refractivity contribution in [1.82, 2.24) is 4.90 Å². The second-order valence-electron chi connectivity index (χ2n) is 4.21. The molecule has 0 saturated carbocycles. The number of aliphatic hydroxyl groups is 1. The molecule has 2 saturated heterocycles. The molecule has 2 aliphatic heterocycles. The smallest absolute Gasteiger partial charge is 0.396 e. The number of methoxy groups -OCH3 is 1. The lowest BCUT2D eigenvalue weighted by Gasteiger charge is -2.36. The molecule has 0 aliphatic carbocycles. The van der Waals surface area contributed by atoms with E-state index >= 15 is 0 Å². The average molecular weight is 213 g/mol. The first-order chi connectivity index (χ1) is 7.13. The van der Waals surface area contributed by atoms with Gasteiger partial charge < -0.3 is 14.7 Å². The van der Waals surface area contributed by atoms with Crippen molar-refractivity contribution in [1.29, 1.82) is 0 Å². The number of piperidine rings is 1. The van der Waals surface area contributed by atoms with Gasteiger partial charge in [-0.15, -0.1) is 0 Å². The van der Waals surface area contributed by atoms with Crippen molar-refractivity contribution in [3.8, 4) is 0 Å². The molecule has 0 radical (unpaired) electrons. The van der Waals surface area contributed by atoms with E-state index in [0.717, 1.165) is 12.8 Å². The van der Waals surface area contributed by atoms with E-state index in [4.69, 9.17) is 0 Å². The van der Waals surface area contributed by atoms with Crippen LogP contribution < -0.4 is 0 Å². The molecule has 2 heterocycles. The third-order valence-corrected chi connectivity index (χ3v) is 3.30.